The molecule has 4 aliphatic rings. The summed E-state index contributed by atoms with van der Waals surface area (Å²) in [5.41, 5.74) is 0.878. The van der Waals surface area contributed by atoms with E-state index in [4.69, 9.17) is 9.72 Å². The standard InChI is InChI=1S/C54H58FN9O15/c1-3-54(78)32-19-39-48-30(24-64(39)52(76)31(32)26-79-53(54)77)47-34(14-13-29-27(2)33(55)20-35(60-48)46(29)47)61-51(75)38(25-65)62-50(74)36(18-28-10-6-4-7-11-28)59-42(68)23-56-41(67)22-57-49(73)37(21-45(71)72)58-40(66)12-8-5-9-17-63-43(69)15-16-44(63)70/h4,6-7,10-11,15-16,19-20,34,36-38,65,78H,3,5,8-9,12-14,17-18,21-26H2,1-2H3,(H,56,67)(H,57,73)(H,58,66)(H,59,68)(H,61,75)(H,62,74)(H,71,72)/t34-,36-,37?,38-,54-/m0/s1. The SMILES string of the molecule is CC[C@@]1(O)C(=O)OCc2c1cc1n(c2=O)Cc2c-1nc1cc(F)c(C)c3c1c2[C@@H](NC(=O)[C@H](CO)NC(=O)[C@H](Cc1ccccc1)NC(=O)CNC(=O)CNC(=O)C(CC(=O)O)NC(=O)CCCCCN1C(=O)C=CC1=O)CC3. The van der Waals surface area contributed by atoms with E-state index in [1.54, 1.807) is 44.2 Å². The van der Waals surface area contributed by atoms with Gasteiger partial charge in [-0.05, 0) is 67.3 Å². The summed E-state index contributed by atoms with van der Waals surface area (Å²) in [6.45, 7) is 0.572. The van der Waals surface area contributed by atoms with Crippen molar-refractivity contribution in [3.05, 3.63) is 110 Å². The topological polar surface area (TPSA) is 351 Å². The smallest absolute Gasteiger partial charge is 0.343 e. The summed E-state index contributed by atoms with van der Waals surface area (Å²) in [7, 11) is 0. The number of pyridine rings is 2. The van der Waals surface area contributed by atoms with Crippen LogP contribution in [-0.4, -0.2) is 133 Å². The molecular formula is C54H58FN9O15. The second-order valence-electron chi connectivity index (χ2n) is 19.6. The lowest BCUT2D eigenvalue weighted by Crippen LogP contribution is -2.57. The van der Waals surface area contributed by atoms with Crippen molar-refractivity contribution < 1.29 is 72.4 Å². The average molecular weight is 1090 g/mol. The van der Waals surface area contributed by atoms with Gasteiger partial charge in [-0.25, -0.2) is 14.2 Å². The number of hydrogen-bond acceptors (Lipinski definition) is 15. The van der Waals surface area contributed by atoms with Crippen molar-refractivity contribution in [2.45, 2.75) is 115 Å². The number of benzene rings is 2. The fraction of sp³-hybridized carbons (Fsp3) is 0.407. The Labute approximate surface area is 449 Å². The molecule has 25 heteroatoms. The number of esters is 1. The highest BCUT2D eigenvalue weighted by Gasteiger charge is 2.46. The lowest BCUT2D eigenvalue weighted by molar-refractivity contribution is -0.172. The normalized spacial score (nSPS) is 17.9. The largest absolute Gasteiger partial charge is 0.481 e. The number of carbonyl (C=O) groups is 10. The Morgan fingerprint density at radius 1 is 0.835 bits per heavy atom. The van der Waals surface area contributed by atoms with E-state index in [9.17, 15) is 68.1 Å². The first-order chi connectivity index (χ1) is 37.7. The summed E-state index contributed by atoms with van der Waals surface area (Å²) in [6, 6.07) is 5.85. The molecule has 79 heavy (non-hydrogen) atoms. The molecule has 1 unspecified atom stereocenters. The maximum Gasteiger partial charge on any atom is 0.343 e. The number of rotatable bonds is 23. The van der Waals surface area contributed by atoms with E-state index in [1.807, 2.05) is 0 Å². The first-order valence-electron chi connectivity index (χ1n) is 25.7. The molecule has 3 aliphatic heterocycles. The lowest BCUT2D eigenvalue weighted by atomic mass is 9.81. The molecule has 4 aromatic rings. The second-order valence-corrected chi connectivity index (χ2v) is 19.6. The monoisotopic (exact) mass is 1090 g/mol. The van der Waals surface area contributed by atoms with E-state index in [0.717, 1.165) is 17.1 Å². The van der Waals surface area contributed by atoms with Crippen molar-refractivity contribution >= 4 is 70.1 Å². The molecule has 9 N–H and O–H groups in total. The molecule has 8 rings (SSSR count). The van der Waals surface area contributed by atoms with Crippen LogP contribution in [0, 0.1) is 12.7 Å². The van der Waals surface area contributed by atoms with Crippen LogP contribution in [-0.2, 0) is 84.3 Å². The summed E-state index contributed by atoms with van der Waals surface area (Å²) < 4.78 is 22.2. The van der Waals surface area contributed by atoms with Gasteiger partial charge in [-0.1, -0.05) is 43.7 Å². The van der Waals surface area contributed by atoms with Crippen LogP contribution in [0.4, 0.5) is 4.39 Å². The third-order valence-corrected chi connectivity index (χ3v) is 14.5. The minimum absolute atomic E-state index is 0.0443. The number of hydrogen-bond donors (Lipinski definition) is 9. The Hall–Kier alpha value is -8.71. The summed E-state index contributed by atoms with van der Waals surface area (Å²) in [5.74, 6) is -8.90. The molecule has 0 saturated carbocycles. The Balaban J connectivity index is 0.903. The number of amides is 8. The van der Waals surface area contributed by atoms with Crippen LogP contribution >= 0.6 is 0 Å². The minimum atomic E-state index is -2.11. The maximum absolute atomic E-state index is 15.5. The molecule has 5 atom stereocenters. The predicted molar refractivity (Wildman–Crippen MR) is 274 cm³/mol. The number of imide groups is 1. The summed E-state index contributed by atoms with van der Waals surface area (Å²) in [4.78, 5) is 148. The number of aliphatic hydroxyl groups is 2. The molecule has 2 aromatic carbocycles. The number of cyclic esters (lactones) is 1. The number of carbonyl (C=O) groups excluding carboxylic acids is 9. The minimum Gasteiger partial charge on any atom is -0.481 e. The molecule has 24 nitrogen and oxygen atoms in total. The van der Waals surface area contributed by atoms with Crippen LogP contribution in [0.1, 0.15) is 96.9 Å². The number of unbranched alkanes of at least 4 members (excludes halogenated alkanes) is 2. The molecule has 1 aliphatic carbocycles. The molecule has 416 valence electrons. The van der Waals surface area contributed by atoms with Gasteiger partial charge in [-0.2, -0.15) is 0 Å². The van der Waals surface area contributed by atoms with Crippen molar-refractivity contribution in [2.75, 3.05) is 26.2 Å². The van der Waals surface area contributed by atoms with Gasteiger partial charge < -0.3 is 56.5 Å². The van der Waals surface area contributed by atoms with E-state index >= 15 is 4.39 Å². The van der Waals surface area contributed by atoms with Crippen molar-refractivity contribution in [1.29, 1.82) is 0 Å². The number of nitrogens with one attached hydrogen (secondary N) is 6. The zero-order valence-electron chi connectivity index (χ0n) is 43.1. The van der Waals surface area contributed by atoms with Gasteiger partial charge in [0.15, 0.2) is 5.60 Å². The maximum atomic E-state index is 15.5. The van der Waals surface area contributed by atoms with Gasteiger partial charge in [0.25, 0.3) is 17.4 Å². The number of fused-ring (bicyclic) bond motifs is 5. The van der Waals surface area contributed by atoms with Gasteiger partial charge in [0.1, 0.15) is 30.5 Å². The zero-order chi connectivity index (χ0) is 56.9. The number of aliphatic hydroxyl groups excluding tert-OH is 1. The third-order valence-electron chi connectivity index (χ3n) is 14.5. The number of aliphatic carboxylic acids is 1. The fourth-order valence-electron chi connectivity index (χ4n) is 10.3. The molecular weight excluding hydrogens is 1030 g/mol. The second kappa shape index (κ2) is 23.9. The van der Waals surface area contributed by atoms with Crippen LogP contribution in [0.5, 0.6) is 0 Å². The highest BCUT2D eigenvalue weighted by Crippen LogP contribution is 2.46. The number of aromatic nitrogens is 2. The Kier molecular flexibility index (Phi) is 17.1. The van der Waals surface area contributed by atoms with Crippen molar-refractivity contribution in [3.63, 3.8) is 0 Å². The summed E-state index contributed by atoms with van der Waals surface area (Å²) in [5, 5.41) is 46.8. The first-order valence-corrected chi connectivity index (χ1v) is 25.7. The molecule has 5 heterocycles. The van der Waals surface area contributed by atoms with Crippen molar-refractivity contribution in [3.8, 4) is 11.4 Å². The van der Waals surface area contributed by atoms with E-state index in [-0.39, 0.29) is 79.8 Å². The summed E-state index contributed by atoms with van der Waals surface area (Å²) in [6.07, 6.45) is 2.83. The number of aryl methyl sites for hydroxylation is 1. The van der Waals surface area contributed by atoms with Crippen LogP contribution in [0.25, 0.3) is 22.3 Å². The molecule has 0 spiro atoms. The highest BCUT2D eigenvalue weighted by atomic mass is 19.1. The van der Waals surface area contributed by atoms with Gasteiger partial charge in [0.05, 0.1) is 61.2 Å². The van der Waals surface area contributed by atoms with Gasteiger partial charge in [-0.3, -0.25) is 52.8 Å². The summed E-state index contributed by atoms with van der Waals surface area (Å²) >= 11 is 0. The van der Waals surface area contributed by atoms with E-state index in [1.165, 1.54) is 16.7 Å². The molecule has 0 radical (unpaired) electrons. The van der Waals surface area contributed by atoms with E-state index in [2.05, 4.69) is 31.9 Å². The lowest BCUT2D eigenvalue weighted by Gasteiger charge is -2.31. The molecule has 0 fully saturated rings. The third kappa shape index (κ3) is 12.1. The van der Waals surface area contributed by atoms with Crippen molar-refractivity contribution in [1.82, 2.24) is 46.4 Å². The number of ether oxygens (including phenoxy) is 1. The van der Waals surface area contributed by atoms with Crippen LogP contribution in [0.15, 0.2) is 59.4 Å². The molecule has 0 bridgehead atoms. The number of nitrogens with zero attached hydrogens (tertiary/aromatic N) is 3. The molecule has 8 amide bonds. The fourth-order valence-corrected chi connectivity index (χ4v) is 10.3. The Morgan fingerprint density at radius 2 is 1.54 bits per heavy atom. The number of carboxylic acid groups (broad SMARTS) is 1. The zero-order valence-corrected chi connectivity index (χ0v) is 43.1. The Morgan fingerprint density at radius 3 is 2.24 bits per heavy atom. The Bertz CT molecular complexity index is 3270. The van der Waals surface area contributed by atoms with Gasteiger partial charge >= 0.3 is 11.9 Å². The van der Waals surface area contributed by atoms with E-state index < -0.39 is 126 Å². The number of carboxylic acids is 1. The van der Waals surface area contributed by atoms with Crippen molar-refractivity contribution in [2.24, 2.45) is 0 Å². The predicted octanol–water partition coefficient (Wildman–Crippen LogP) is -0.487. The van der Waals surface area contributed by atoms with Gasteiger partial charge in [-0.15, -0.1) is 0 Å². The molecule has 0 saturated heterocycles. The van der Waals surface area contributed by atoms with Crippen LogP contribution in [0.3, 0.4) is 0 Å². The van der Waals surface area contributed by atoms with Gasteiger partial charge in [0.2, 0.25) is 35.4 Å². The first kappa shape index (κ1) is 56.5. The van der Waals surface area contributed by atoms with Crippen LogP contribution < -0.4 is 37.5 Å². The van der Waals surface area contributed by atoms with Crippen LogP contribution in [0.2, 0.25) is 0 Å². The highest BCUT2D eigenvalue weighted by molar-refractivity contribution is 6.12. The van der Waals surface area contributed by atoms with E-state index in [0.29, 0.717) is 52.5 Å². The van der Waals surface area contributed by atoms with Gasteiger partial charge in [0, 0.05) is 54.1 Å². The number of halogens is 1. The quantitative estimate of drug-likeness (QED) is 0.0226. The molecule has 2 aromatic heterocycles. The average Bonchev–Trinajstić information content (AvgIpc) is 3.72.